The van der Waals surface area contributed by atoms with E-state index in [1.807, 2.05) is 55.9 Å². The standard InChI is InChI=1S/C20H23N3O2S/c1-13(9-15-5-7-17(25-4)8-6-15)23(3)20(24)18-10-16(11-21-18)19-12-26-14(2)22-19/h5-8,10-13,21H,9H2,1-4H3/t13-/m0/s1. The number of aromatic amines is 1. The van der Waals surface area contributed by atoms with E-state index >= 15 is 0 Å². The Morgan fingerprint density at radius 2 is 2.08 bits per heavy atom. The molecule has 1 N–H and O–H groups in total. The van der Waals surface area contributed by atoms with Gasteiger partial charge in [-0.05, 0) is 44.0 Å². The van der Waals surface area contributed by atoms with Crippen LogP contribution in [0.3, 0.4) is 0 Å². The number of rotatable bonds is 6. The maximum atomic E-state index is 12.8. The molecule has 0 spiro atoms. The number of nitrogens with zero attached hydrogens (tertiary/aromatic N) is 2. The summed E-state index contributed by atoms with van der Waals surface area (Å²) in [6.07, 6.45) is 2.62. The van der Waals surface area contributed by atoms with Gasteiger partial charge in [0.2, 0.25) is 0 Å². The average molecular weight is 369 g/mol. The first-order chi connectivity index (χ1) is 12.5. The van der Waals surface area contributed by atoms with Crippen molar-refractivity contribution < 1.29 is 9.53 Å². The highest BCUT2D eigenvalue weighted by molar-refractivity contribution is 7.09. The van der Waals surface area contributed by atoms with Crippen molar-refractivity contribution in [3.8, 4) is 17.0 Å². The monoisotopic (exact) mass is 369 g/mol. The zero-order valence-electron chi connectivity index (χ0n) is 15.4. The third-order valence-corrected chi connectivity index (χ3v) is 5.27. The first kappa shape index (κ1) is 18.2. The molecule has 0 aliphatic rings. The molecule has 1 amide bonds. The van der Waals surface area contributed by atoms with E-state index in [0.717, 1.165) is 28.4 Å². The zero-order valence-corrected chi connectivity index (χ0v) is 16.3. The van der Waals surface area contributed by atoms with Gasteiger partial charge in [0.1, 0.15) is 11.4 Å². The average Bonchev–Trinajstić information content (AvgIpc) is 3.30. The van der Waals surface area contributed by atoms with E-state index in [0.29, 0.717) is 5.69 Å². The molecule has 1 atom stereocenters. The summed E-state index contributed by atoms with van der Waals surface area (Å²) >= 11 is 1.60. The summed E-state index contributed by atoms with van der Waals surface area (Å²) < 4.78 is 5.18. The van der Waals surface area contributed by atoms with Gasteiger partial charge in [0.15, 0.2) is 0 Å². The molecule has 0 saturated heterocycles. The summed E-state index contributed by atoms with van der Waals surface area (Å²) in [4.78, 5) is 22.1. The van der Waals surface area contributed by atoms with Crippen molar-refractivity contribution in [1.82, 2.24) is 14.9 Å². The maximum Gasteiger partial charge on any atom is 0.270 e. The summed E-state index contributed by atoms with van der Waals surface area (Å²) in [5.74, 6) is 0.811. The first-order valence-electron chi connectivity index (χ1n) is 8.49. The number of hydrogen-bond donors (Lipinski definition) is 1. The number of carbonyl (C=O) groups is 1. The summed E-state index contributed by atoms with van der Waals surface area (Å²) in [7, 11) is 3.49. The molecule has 3 aromatic rings. The third-order valence-electron chi connectivity index (χ3n) is 4.50. The number of aromatic nitrogens is 2. The fourth-order valence-corrected chi connectivity index (χ4v) is 3.41. The minimum Gasteiger partial charge on any atom is -0.497 e. The van der Waals surface area contributed by atoms with Crippen molar-refractivity contribution in [1.29, 1.82) is 0 Å². The van der Waals surface area contributed by atoms with E-state index in [1.165, 1.54) is 5.56 Å². The van der Waals surface area contributed by atoms with Crippen LogP contribution < -0.4 is 4.74 Å². The van der Waals surface area contributed by atoms with Crippen LogP contribution in [0.4, 0.5) is 0 Å². The Bertz CT molecular complexity index is 883. The van der Waals surface area contributed by atoms with E-state index in [1.54, 1.807) is 23.3 Å². The predicted molar refractivity (Wildman–Crippen MR) is 105 cm³/mol. The number of H-pyrrole nitrogens is 1. The fourth-order valence-electron chi connectivity index (χ4n) is 2.79. The van der Waals surface area contributed by atoms with E-state index in [2.05, 4.69) is 16.9 Å². The van der Waals surface area contributed by atoms with Gasteiger partial charge in [0.05, 0.1) is 17.8 Å². The van der Waals surface area contributed by atoms with Gasteiger partial charge in [-0.1, -0.05) is 12.1 Å². The summed E-state index contributed by atoms with van der Waals surface area (Å²) in [6, 6.07) is 9.89. The van der Waals surface area contributed by atoms with Gasteiger partial charge in [-0.25, -0.2) is 4.98 Å². The predicted octanol–water partition coefficient (Wildman–Crippen LogP) is 4.16. The molecule has 5 nitrogen and oxygen atoms in total. The van der Waals surface area contributed by atoms with Crippen molar-refractivity contribution in [3.05, 3.63) is 58.2 Å². The van der Waals surface area contributed by atoms with Crippen LogP contribution in [0.15, 0.2) is 41.9 Å². The lowest BCUT2D eigenvalue weighted by molar-refractivity contribution is 0.0738. The number of likely N-dealkylation sites (N-methyl/N-ethyl adjacent to an activating group) is 1. The SMILES string of the molecule is COc1ccc(C[C@H](C)N(C)C(=O)c2cc(-c3csc(C)n3)c[nH]2)cc1. The van der Waals surface area contributed by atoms with Gasteiger partial charge >= 0.3 is 0 Å². The number of benzene rings is 1. The van der Waals surface area contributed by atoms with Crippen LogP contribution in [0.25, 0.3) is 11.3 Å². The van der Waals surface area contributed by atoms with Crippen LogP contribution in [0.1, 0.15) is 28.0 Å². The van der Waals surface area contributed by atoms with Gasteiger partial charge in [-0.3, -0.25) is 4.79 Å². The molecule has 0 radical (unpaired) electrons. The fraction of sp³-hybridized carbons (Fsp3) is 0.300. The highest BCUT2D eigenvalue weighted by atomic mass is 32.1. The van der Waals surface area contributed by atoms with Crippen LogP contribution in [-0.2, 0) is 6.42 Å². The normalized spacial score (nSPS) is 12.0. The second kappa shape index (κ2) is 7.74. The molecule has 26 heavy (non-hydrogen) atoms. The van der Waals surface area contributed by atoms with Crippen LogP contribution in [0.2, 0.25) is 0 Å². The van der Waals surface area contributed by atoms with E-state index < -0.39 is 0 Å². The number of ether oxygens (including phenoxy) is 1. The Balaban J connectivity index is 1.67. The van der Waals surface area contributed by atoms with Crippen molar-refractivity contribution in [2.75, 3.05) is 14.2 Å². The van der Waals surface area contributed by atoms with Crippen LogP contribution in [0.5, 0.6) is 5.75 Å². The molecule has 0 saturated carbocycles. The van der Waals surface area contributed by atoms with Gasteiger partial charge in [-0.15, -0.1) is 11.3 Å². The Morgan fingerprint density at radius 3 is 2.69 bits per heavy atom. The minimum absolute atomic E-state index is 0.0239. The molecule has 3 rings (SSSR count). The molecule has 2 aromatic heterocycles. The molecular formula is C20H23N3O2S. The molecule has 6 heteroatoms. The smallest absolute Gasteiger partial charge is 0.270 e. The number of nitrogens with one attached hydrogen (secondary N) is 1. The number of methoxy groups -OCH3 is 1. The minimum atomic E-state index is -0.0239. The highest BCUT2D eigenvalue weighted by Gasteiger charge is 2.20. The number of carbonyl (C=O) groups excluding carboxylic acids is 1. The molecule has 0 unspecified atom stereocenters. The topological polar surface area (TPSA) is 58.2 Å². The van der Waals surface area contributed by atoms with Gasteiger partial charge in [0.25, 0.3) is 5.91 Å². The number of amides is 1. The largest absolute Gasteiger partial charge is 0.497 e. The molecular weight excluding hydrogens is 346 g/mol. The summed E-state index contributed by atoms with van der Waals surface area (Å²) in [6.45, 7) is 4.03. The molecule has 0 aliphatic heterocycles. The van der Waals surface area contributed by atoms with Crippen molar-refractivity contribution in [3.63, 3.8) is 0 Å². The van der Waals surface area contributed by atoms with Crippen LogP contribution in [-0.4, -0.2) is 41.0 Å². The molecule has 136 valence electrons. The van der Waals surface area contributed by atoms with Gasteiger partial charge < -0.3 is 14.6 Å². The molecule has 0 bridgehead atoms. The highest BCUT2D eigenvalue weighted by Crippen LogP contribution is 2.23. The Kier molecular flexibility index (Phi) is 5.42. The summed E-state index contributed by atoms with van der Waals surface area (Å²) in [5.41, 5.74) is 3.59. The first-order valence-corrected chi connectivity index (χ1v) is 9.37. The molecule has 2 heterocycles. The van der Waals surface area contributed by atoms with Crippen LogP contribution >= 0.6 is 11.3 Å². The van der Waals surface area contributed by atoms with Gasteiger partial charge in [0, 0.05) is 30.2 Å². The number of hydrogen-bond acceptors (Lipinski definition) is 4. The Labute approximate surface area is 157 Å². The van der Waals surface area contributed by atoms with Crippen molar-refractivity contribution in [2.24, 2.45) is 0 Å². The third kappa shape index (κ3) is 3.96. The molecule has 1 aromatic carbocycles. The summed E-state index contributed by atoms with van der Waals surface area (Å²) in [5, 5.41) is 3.02. The molecule has 0 fully saturated rings. The van der Waals surface area contributed by atoms with E-state index in [-0.39, 0.29) is 11.9 Å². The lowest BCUT2D eigenvalue weighted by atomic mass is 10.1. The maximum absolute atomic E-state index is 12.8. The number of aryl methyl sites for hydroxylation is 1. The van der Waals surface area contributed by atoms with Crippen LogP contribution in [0, 0.1) is 6.92 Å². The quantitative estimate of drug-likeness (QED) is 0.710. The Hall–Kier alpha value is -2.60. The second-order valence-electron chi connectivity index (χ2n) is 6.37. The van der Waals surface area contributed by atoms with E-state index in [9.17, 15) is 4.79 Å². The lowest BCUT2D eigenvalue weighted by Crippen LogP contribution is -2.36. The number of thiazole rings is 1. The van der Waals surface area contributed by atoms with Crippen molar-refractivity contribution >= 4 is 17.2 Å². The van der Waals surface area contributed by atoms with Gasteiger partial charge in [-0.2, -0.15) is 0 Å². The lowest BCUT2D eigenvalue weighted by Gasteiger charge is -2.24. The Morgan fingerprint density at radius 1 is 1.35 bits per heavy atom. The molecule has 0 aliphatic carbocycles. The van der Waals surface area contributed by atoms with E-state index in [4.69, 9.17) is 4.74 Å². The zero-order chi connectivity index (χ0) is 18.7. The van der Waals surface area contributed by atoms with Crippen molar-refractivity contribution in [2.45, 2.75) is 26.3 Å². The second-order valence-corrected chi connectivity index (χ2v) is 7.43.